The van der Waals surface area contributed by atoms with Gasteiger partial charge < -0.3 is 10.3 Å². The summed E-state index contributed by atoms with van der Waals surface area (Å²) in [5, 5.41) is 5.87. The van der Waals surface area contributed by atoms with Gasteiger partial charge in [0.2, 0.25) is 0 Å². The number of nitrogen functional groups attached to an aromatic ring is 1. The monoisotopic (exact) mass is 326 g/mol. The summed E-state index contributed by atoms with van der Waals surface area (Å²) in [5.41, 5.74) is 6.76. The third-order valence-electron chi connectivity index (χ3n) is 2.28. The SMILES string of the molecule is Nc1noc(-c2ccc(Br)s2)c1-c1cccs1. The zero-order valence-electron chi connectivity index (χ0n) is 8.51. The van der Waals surface area contributed by atoms with Gasteiger partial charge in [0.1, 0.15) is 0 Å². The van der Waals surface area contributed by atoms with Gasteiger partial charge in [-0.3, -0.25) is 0 Å². The zero-order valence-corrected chi connectivity index (χ0v) is 11.7. The Morgan fingerprint density at radius 3 is 2.76 bits per heavy atom. The van der Waals surface area contributed by atoms with E-state index in [1.165, 1.54) is 0 Å². The molecule has 0 aliphatic heterocycles. The molecule has 3 heterocycles. The van der Waals surface area contributed by atoms with Crippen molar-refractivity contribution in [2.24, 2.45) is 0 Å². The van der Waals surface area contributed by atoms with E-state index in [0.29, 0.717) is 5.82 Å². The van der Waals surface area contributed by atoms with Gasteiger partial charge in [-0.2, -0.15) is 0 Å². The van der Waals surface area contributed by atoms with E-state index >= 15 is 0 Å². The molecule has 3 aromatic rings. The van der Waals surface area contributed by atoms with E-state index in [9.17, 15) is 0 Å². The van der Waals surface area contributed by atoms with E-state index < -0.39 is 0 Å². The van der Waals surface area contributed by atoms with Gasteiger partial charge in [-0.15, -0.1) is 22.7 Å². The lowest BCUT2D eigenvalue weighted by Gasteiger charge is -1.96. The van der Waals surface area contributed by atoms with E-state index in [-0.39, 0.29) is 0 Å². The molecule has 0 bridgehead atoms. The van der Waals surface area contributed by atoms with Gasteiger partial charge >= 0.3 is 0 Å². The highest BCUT2D eigenvalue weighted by Crippen LogP contribution is 2.41. The molecule has 0 radical (unpaired) electrons. The van der Waals surface area contributed by atoms with Gasteiger partial charge in [0.05, 0.1) is 14.2 Å². The number of nitrogens with zero attached hydrogens (tertiary/aromatic N) is 1. The summed E-state index contributed by atoms with van der Waals surface area (Å²) >= 11 is 6.66. The van der Waals surface area contributed by atoms with Gasteiger partial charge in [0.15, 0.2) is 11.6 Å². The van der Waals surface area contributed by atoms with Crippen LogP contribution in [0.5, 0.6) is 0 Å². The van der Waals surface area contributed by atoms with Crippen LogP contribution in [0.3, 0.4) is 0 Å². The van der Waals surface area contributed by atoms with Gasteiger partial charge in [-0.05, 0) is 39.5 Å². The van der Waals surface area contributed by atoms with Crippen molar-refractivity contribution >= 4 is 44.4 Å². The molecule has 0 fully saturated rings. The number of halogens is 1. The summed E-state index contributed by atoms with van der Waals surface area (Å²) in [4.78, 5) is 2.09. The van der Waals surface area contributed by atoms with Crippen LogP contribution in [-0.4, -0.2) is 5.16 Å². The molecule has 0 unspecified atom stereocenters. The number of rotatable bonds is 2. The van der Waals surface area contributed by atoms with Crippen LogP contribution in [-0.2, 0) is 0 Å². The molecular formula is C11H7BrN2OS2. The first kappa shape index (κ1) is 11.0. The fourth-order valence-corrected chi connectivity index (χ4v) is 3.71. The highest BCUT2D eigenvalue weighted by molar-refractivity contribution is 9.11. The van der Waals surface area contributed by atoms with Crippen molar-refractivity contribution in [2.45, 2.75) is 0 Å². The Hall–Kier alpha value is -1.11. The number of thiophene rings is 2. The summed E-state index contributed by atoms with van der Waals surface area (Å²) in [6.07, 6.45) is 0. The molecule has 3 aromatic heterocycles. The molecule has 0 saturated carbocycles. The molecule has 3 nitrogen and oxygen atoms in total. The predicted octanol–water partition coefficient (Wildman–Crippen LogP) is 4.48. The fraction of sp³-hybridized carbons (Fsp3) is 0. The van der Waals surface area contributed by atoms with Crippen LogP contribution in [0.2, 0.25) is 0 Å². The second-order valence-electron chi connectivity index (χ2n) is 3.35. The molecule has 0 aliphatic carbocycles. The van der Waals surface area contributed by atoms with Crippen molar-refractivity contribution in [3.05, 3.63) is 33.4 Å². The number of anilines is 1. The van der Waals surface area contributed by atoms with Crippen LogP contribution in [0.1, 0.15) is 0 Å². The summed E-state index contributed by atoms with van der Waals surface area (Å²) in [6.45, 7) is 0. The Kier molecular flexibility index (Phi) is 2.78. The maximum Gasteiger partial charge on any atom is 0.187 e. The lowest BCUT2D eigenvalue weighted by molar-refractivity contribution is 0.437. The highest BCUT2D eigenvalue weighted by Gasteiger charge is 2.19. The Morgan fingerprint density at radius 2 is 2.12 bits per heavy atom. The van der Waals surface area contributed by atoms with Crippen LogP contribution in [0.4, 0.5) is 5.82 Å². The lowest BCUT2D eigenvalue weighted by atomic mass is 10.2. The standard InChI is InChI=1S/C11H7BrN2OS2/c12-8-4-3-7(17-8)10-9(11(13)14-15-10)6-2-1-5-16-6/h1-5H,(H2,13,14). The van der Waals surface area contributed by atoms with Crippen molar-refractivity contribution in [2.75, 3.05) is 5.73 Å². The largest absolute Gasteiger partial charge is 0.380 e. The Bertz CT molecular complexity index is 642. The minimum atomic E-state index is 0.437. The van der Waals surface area contributed by atoms with Gasteiger partial charge in [-0.1, -0.05) is 11.2 Å². The minimum Gasteiger partial charge on any atom is -0.380 e. The molecule has 0 saturated heterocycles. The van der Waals surface area contributed by atoms with Crippen LogP contribution in [0, 0.1) is 0 Å². The molecule has 2 N–H and O–H groups in total. The summed E-state index contributed by atoms with van der Waals surface area (Å²) < 4.78 is 6.40. The van der Waals surface area contributed by atoms with E-state index in [0.717, 1.165) is 24.9 Å². The minimum absolute atomic E-state index is 0.437. The Morgan fingerprint density at radius 1 is 1.24 bits per heavy atom. The van der Waals surface area contributed by atoms with E-state index in [1.54, 1.807) is 22.7 Å². The molecule has 17 heavy (non-hydrogen) atoms. The fourth-order valence-electron chi connectivity index (χ4n) is 1.57. The number of nitrogens with two attached hydrogens (primary N) is 1. The van der Waals surface area contributed by atoms with E-state index in [1.807, 2.05) is 29.6 Å². The Balaban J connectivity index is 2.19. The molecule has 86 valence electrons. The first-order chi connectivity index (χ1) is 8.25. The van der Waals surface area contributed by atoms with E-state index in [2.05, 4.69) is 21.1 Å². The lowest BCUT2D eigenvalue weighted by Crippen LogP contribution is -1.86. The number of hydrogen-bond acceptors (Lipinski definition) is 5. The van der Waals surface area contributed by atoms with Crippen LogP contribution in [0.15, 0.2) is 38.0 Å². The third kappa shape index (κ3) is 1.92. The zero-order chi connectivity index (χ0) is 11.8. The van der Waals surface area contributed by atoms with Crippen molar-refractivity contribution in [3.8, 4) is 21.1 Å². The van der Waals surface area contributed by atoms with Crippen molar-refractivity contribution < 1.29 is 4.52 Å². The molecule has 0 amide bonds. The first-order valence-electron chi connectivity index (χ1n) is 4.80. The van der Waals surface area contributed by atoms with Crippen molar-refractivity contribution in [3.63, 3.8) is 0 Å². The average molecular weight is 327 g/mol. The Labute approximate surface area is 114 Å². The van der Waals surface area contributed by atoms with Crippen molar-refractivity contribution in [1.82, 2.24) is 5.16 Å². The second kappa shape index (κ2) is 4.29. The number of aromatic nitrogens is 1. The maximum absolute atomic E-state index is 5.87. The first-order valence-corrected chi connectivity index (χ1v) is 7.29. The van der Waals surface area contributed by atoms with Gasteiger partial charge in [-0.25, -0.2) is 0 Å². The molecule has 6 heteroatoms. The second-order valence-corrected chi connectivity index (χ2v) is 6.76. The third-order valence-corrected chi connectivity index (χ3v) is 4.79. The van der Waals surface area contributed by atoms with Crippen LogP contribution >= 0.6 is 38.6 Å². The van der Waals surface area contributed by atoms with Crippen LogP contribution < -0.4 is 5.73 Å². The van der Waals surface area contributed by atoms with E-state index in [4.69, 9.17) is 10.3 Å². The van der Waals surface area contributed by atoms with Crippen molar-refractivity contribution in [1.29, 1.82) is 0 Å². The quantitative estimate of drug-likeness (QED) is 0.755. The molecule has 0 spiro atoms. The summed E-state index contributed by atoms with van der Waals surface area (Å²) in [7, 11) is 0. The van der Waals surface area contributed by atoms with Gasteiger partial charge in [0, 0.05) is 4.88 Å². The molecule has 0 atom stereocenters. The normalized spacial score (nSPS) is 10.9. The van der Waals surface area contributed by atoms with Gasteiger partial charge in [0.25, 0.3) is 0 Å². The molecular weight excluding hydrogens is 320 g/mol. The topological polar surface area (TPSA) is 52.0 Å². The smallest absolute Gasteiger partial charge is 0.187 e. The molecule has 0 aromatic carbocycles. The molecule has 0 aliphatic rings. The molecule has 3 rings (SSSR count). The van der Waals surface area contributed by atoms with Crippen LogP contribution in [0.25, 0.3) is 21.1 Å². The summed E-state index contributed by atoms with van der Waals surface area (Å²) in [6, 6.07) is 7.98. The summed E-state index contributed by atoms with van der Waals surface area (Å²) in [5.74, 6) is 1.17. The highest BCUT2D eigenvalue weighted by atomic mass is 79.9. The average Bonchev–Trinajstić information content (AvgIpc) is 2.97. The number of hydrogen-bond donors (Lipinski definition) is 1. The predicted molar refractivity (Wildman–Crippen MR) is 75.2 cm³/mol. The maximum atomic E-state index is 5.87.